The number of rotatable bonds is 15. The number of carbonyl (C=O) groups is 2. The minimum Gasteiger partial charge on any atom is -0.497 e. The Labute approximate surface area is 210 Å². The molecule has 1 atom stereocenters. The minimum atomic E-state index is -0.938. The van der Waals surface area contributed by atoms with Gasteiger partial charge in [0.2, 0.25) is 0 Å². The monoisotopic (exact) mass is 494 g/mol. The highest BCUT2D eigenvalue weighted by atomic mass is 32.2. The van der Waals surface area contributed by atoms with Gasteiger partial charge >= 0.3 is 0 Å². The van der Waals surface area contributed by atoms with Crippen LogP contribution in [0.2, 0.25) is 0 Å². The van der Waals surface area contributed by atoms with E-state index in [2.05, 4.69) is 0 Å². The molecule has 35 heavy (non-hydrogen) atoms. The van der Waals surface area contributed by atoms with Crippen molar-refractivity contribution in [2.75, 3.05) is 38.9 Å². The van der Waals surface area contributed by atoms with E-state index in [4.69, 9.17) is 18.9 Å². The van der Waals surface area contributed by atoms with Crippen molar-refractivity contribution in [2.45, 2.75) is 11.7 Å². The summed E-state index contributed by atoms with van der Waals surface area (Å²) in [5.41, 5.74) is 1.85. The molecule has 7 heteroatoms. The molecule has 0 saturated carbocycles. The maximum absolute atomic E-state index is 11.4. The van der Waals surface area contributed by atoms with E-state index in [1.807, 2.05) is 78.9 Å². The van der Waals surface area contributed by atoms with E-state index in [1.165, 1.54) is 11.8 Å². The molecule has 0 radical (unpaired) electrons. The van der Waals surface area contributed by atoms with Crippen LogP contribution in [0.5, 0.6) is 11.5 Å². The SMILES string of the molecule is COc1ccc(C(OCCOC(C=O)CSCC=O)(c2ccccc2)c2ccc(OC)cc2)cc1. The molecule has 0 spiro atoms. The van der Waals surface area contributed by atoms with Gasteiger partial charge < -0.3 is 28.5 Å². The van der Waals surface area contributed by atoms with Gasteiger partial charge in [-0.1, -0.05) is 54.6 Å². The highest BCUT2D eigenvalue weighted by molar-refractivity contribution is 7.99. The van der Waals surface area contributed by atoms with Crippen LogP contribution >= 0.6 is 11.8 Å². The molecular weight excluding hydrogens is 464 g/mol. The molecule has 3 aromatic rings. The van der Waals surface area contributed by atoms with Crippen LogP contribution in [0.4, 0.5) is 0 Å². The van der Waals surface area contributed by atoms with Crippen molar-refractivity contribution in [3.8, 4) is 11.5 Å². The molecule has 0 aliphatic rings. The van der Waals surface area contributed by atoms with Crippen molar-refractivity contribution in [3.05, 3.63) is 95.6 Å². The molecule has 3 rings (SSSR count). The smallest absolute Gasteiger partial charge is 0.149 e. The first-order valence-corrected chi connectivity index (χ1v) is 12.4. The van der Waals surface area contributed by atoms with Crippen LogP contribution in [0.25, 0.3) is 0 Å². The van der Waals surface area contributed by atoms with Crippen molar-refractivity contribution in [3.63, 3.8) is 0 Å². The van der Waals surface area contributed by atoms with E-state index in [0.717, 1.165) is 40.8 Å². The minimum absolute atomic E-state index is 0.214. The summed E-state index contributed by atoms with van der Waals surface area (Å²) in [6.45, 7) is 0.446. The van der Waals surface area contributed by atoms with Gasteiger partial charge in [0, 0.05) is 11.5 Å². The summed E-state index contributed by atoms with van der Waals surface area (Å²) in [5, 5.41) is 0. The van der Waals surface area contributed by atoms with Gasteiger partial charge in [-0.3, -0.25) is 0 Å². The standard InChI is InChI=1S/C28H30O6S/c1-31-25-12-8-23(9-13-25)28(22-6-4-3-5-7-22,24-10-14-26(32-2)15-11-24)34-18-17-33-27(20-30)21-35-19-16-29/h3-16,20,27H,17-19,21H2,1-2H3. The first-order valence-electron chi connectivity index (χ1n) is 11.2. The molecule has 1 unspecified atom stereocenters. The summed E-state index contributed by atoms with van der Waals surface area (Å²) in [6, 6.07) is 25.5. The lowest BCUT2D eigenvalue weighted by atomic mass is 9.80. The molecule has 0 aromatic heterocycles. The molecular formula is C28H30O6S. The van der Waals surface area contributed by atoms with Gasteiger partial charge in [0.25, 0.3) is 0 Å². The quantitative estimate of drug-likeness (QED) is 0.175. The molecule has 0 fully saturated rings. The number of methoxy groups -OCH3 is 2. The second-order valence-corrected chi connectivity index (χ2v) is 8.68. The predicted octanol–water partition coefficient (Wildman–Crippen LogP) is 4.53. The molecule has 0 bridgehead atoms. The van der Waals surface area contributed by atoms with Crippen LogP contribution in [0, 0.1) is 0 Å². The lowest BCUT2D eigenvalue weighted by Gasteiger charge is -2.36. The zero-order chi connectivity index (χ0) is 24.9. The number of thioether (sulfide) groups is 1. The number of hydrogen-bond donors (Lipinski definition) is 0. The van der Waals surface area contributed by atoms with Gasteiger partial charge in [-0.15, -0.1) is 0 Å². The van der Waals surface area contributed by atoms with Crippen molar-refractivity contribution >= 4 is 24.3 Å². The topological polar surface area (TPSA) is 71.1 Å². The Balaban J connectivity index is 1.95. The summed E-state index contributed by atoms with van der Waals surface area (Å²) >= 11 is 1.36. The first-order chi connectivity index (χ1) is 17.2. The van der Waals surface area contributed by atoms with E-state index < -0.39 is 11.7 Å². The molecule has 6 nitrogen and oxygen atoms in total. The molecule has 0 saturated heterocycles. The zero-order valence-electron chi connectivity index (χ0n) is 19.9. The van der Waals surface area contributed by atoms with Crippen molar-refractivity contribution in [2.24, 2.45) is 0 Å². The Morgan fingerprint density at radius 3 is 1.80 bits per heavy atom. The fourth-order valence-corrected chi connectivity index (χ4v) is 4.47. The number of benzene rings is 3. The summed E-state index contributed by atoms with van der Waals surface area (Å²) < 4.78 is 23.1. The van der Waals surface area contributed by atoms with Crippen LogP contribution in [0.15, 0.2) is 78.9 Å². The maximum Gasteiger partial charge on any atom is 0.149 e. The Bertz CT molecular complexity index is 990. The first kappa shape index (κ1) is 26.5. The third-order valence-corrected chi connectivity index (χ3v) is 6.46. The fraction of sp³-hybridized carbons (Fsp3) is 0.286. The second-order valence-electron chi connectivity index (χ2n) is 7.60. The largest absolute Gasteiger partial charge is 0.497 e. The van der Waals surface area contributed by atoms with Crippen LogP contribution in [-0.2, 0) is 24.7 Å². The third-order valence-electron chi connectivity index (χ3n) is 5.53. The Morgan fingerprint density at radius 2 is 1.31 bits per heavy atom. The number of hydrogen-bond acceptors (Lipinski definition) is 7. The predicted molar refractivity (Wildman–Crippen MR) is 137 cm³/mol. The summed E-state index contributed by atoms with van der Waals surface area (Å²) in [6.07, 6.45) is 0.972. The van der Waals surface area contributed by atoms with Gasteiger partial charge in [0.1, 0.15) is 35.8 Å². The third kappa shape index (κ3) is 6.72. The molecule has 184 valence electrons. The van der Waals surface area contributed by atoms with Crippen LogP contribution < -0.4 is 9.47 Å². The van der Waals surface area contributed by atoms with Gasteiger partial charge in [0.15, 0.2) is 0 Å². The zero-order valence-corrected chi connectivity index (χ0v) is 20.7. The summed E-state index contributed by atoms with van der Waals surface area (Å²) in [4.78, 5) is 21.9. The second kappa shape index (κ2) is 13.7. The molecule has 0 amide bonds. The van der Waals surface area contributed by atoms with E-state index in [9.17, 15) is 9.59 Å². The molecule has 3 aromatic carbocycles. The summed E-state index contributed by atoms with van der Waals surface area (Å²) in [7, 11) is 3.27. The normalized spacial score (nSPS) is 12.1. The molecule has 0 N–H and O–H groups in total. The van der Waals surface area contributed by atoms with Gasteiger partial charge in [-0.2, -0.15) is 11.8 Å². The average Bonchev–Trinajstić information content (AvgIpc) is 2.93. The van der Waals surface area contributed by atoms with Crippen molar-refractivity contribution in [1.29, 1.82) is 0 Å². The van der Waals surface area contributed by atoms with E-state index in [-0.39, 0.29) is 13.2 Å². The Kier molecular flexibility index (Phi) is 10.3. The van der Waals surface area contributed by atoms with Gasteiger partial charge in [0.05, 0.1) is 27.4 Å². The fourth-order valence-electron chi connectivity index (χ4n) is 3.83. The van der Waals surface area contributed by atoms with Gasteiger partial charge in [-0.25, -0.2) is 0 Å². The van der Waals surface area contributed by atoms with Crippen LogP contribution in [0.1, 0.15) is 16.7 Å². The van der Waals surface area contributed by atoms with Crippen molar-refractivity contribution in [1.82, 2.24) is 0 Å². The molecule has 0 aliphatic heterocycles. The van der Waals surface area contributed by atoms with Crippen molar-refractivity contribution < 1.29 is 28.5 Å². The molecule has 0 aliphatic carbocycles. The maximum atomic E-state index is 11.4. The Morgan fingerprint density at radius 1 is 0.771 bits per heavy atom. The van der Waals surface area contributed by atoms with E-state index in [1.54, 1.807) is 14.2 Å². The van der Waals surface area contributed by atoms with E-state index >= 15 is 0 Å². The Hall–Kier alpha value is -3.13. The van der Waals surface area contributed by atoms with Crippen LogP contribution in [-0.4, -0.2) is 57.6 Å². The van der Waals surface area contributed by atoms with Crippen LogP contribution in [0.3, 0.4) is 0 Å². The number of aldehydes is 2. The number of carbonyl (C=O) groups excluding carboxylic acids is 2. The lowest BCUT2D eigenvalue weighted by molar-refractivity contribution is -0.118. The highest BCUT2D eigenvalue weighted by Crippen LogP contribution is 2.41. The number of ether oxygens (including phenoxy) is 4. The van der Waals surface area contributed by atoms with E-state index in [0.29, 0.717) is 11.5 Å². The lowest BCUT2D eigenvalue weighted by Crippen LogP contribution is -2.34. The highest BCUT2D eigenvalue weighted by Gasteiger charge is 2.37. The van der Waals surface area contributed by atoms with Gasteiger partial charge in [-0.05, 0) is 41.0 Å². The summed E-state index contributed by atoms with van der Waals surface area (Å²) in [5.74, 6) is 2.24. The molecule has 0 heterocycles. The average molecular weight is 495 g/mol.